The van der Waals surface area contributed by atoms with Gasteiger partial charge in [0.1, 0.15) is 0 Å². The number of aromatic nitrogens is 1. The van der Waals surface area contributed by atoms with E-state index in [9.17, 15) is 19.7 Å². The molecule has 1 aromatic carbocycles. The van der Waals surface area contributed by atoms with Gasteiger partial charge in [-0.15, -0.1) is 0 Å². The Morgan fingerprint density at radius 1 is 1.17 bits per heavy atom. The van der Waals surface area contributed by atoms with Gasteiger partial charge < -0.3 is 15.0 Å². The summed E-state index contributed by atoms with van der Waals surface area (Å²) in [5.74, 6) is -0.890. The number of nitrogens with zero attached hydrogens (tertiary/aromatic N) is 1. The van der Waals surface area contributed by atoms with Crippen molar-refractivity contribution in [2.75, 3.05) is 18.5 Å². The van der Waals surface area contributed by atoms with Crippen LogP contribution in [0.5, 0.6) is 0 Å². The van der Waals surface area contributed by atoms with E-state index in [1.807, 2.05) is 32.9 Å². The second-order valence-corrected chi connectivity index (χ2v) is 9.60. The Hall–Kier alpha value is -2.90. The number of hydrogen-bond donors (Lipinski definition) is 2. The third-order valence-corrected chi connectivity index (χ3v) is 4.77. The Morgan fingerprint density at radius 2 is 1.83 bits per heavy atom. The average molecular weight is 418 g/mol. The molecule has 0 aliphatic rings. The van der Waals surface area contributed by atoms with Gasteiger partial charge in [-0.05, 0) is 51.0 Å². The van der Waals surface area contributed by atoms with Crippen LogP contribution in [0.15, 0.2) is 24.4 Å². The fourth-order valence-corrected chi connectivity index (χ4v) is 2.91. The van der Waals surface area contributed by atoms with Crippen molar-refractivity contribution in [3.8, 4) is 0 Å². The number of fused-ring (bicyclic) bond motifs is 1. The molecule has 1 amide bonds. The fourth-order valence-electron chi connectivity index (χ4n) is 2.91. The average Bonchev–Trinajstić information content (AvgIpc) is 3.01. The molecule has 1 unspecified atom stereocenters. The van der Waals surface area contributed by atoms with Crippen molar-refractivity contribution < 1.29 is 19.2 Å². The van der Waals surface area contributed by atoms with Crippen molar-refractivity contribution in [3.05, 3.63) is 40.1 Å². The van der Waals surface area contributed by atoms with Gasteiger partial charge in [0.2, 0.25) is 12.5 Å². The van der Waals surface area contributed by atoms with Gasteiger partial charge in [0.05, 0.1) is 17.9 Å². The summed E-state index contributed by atoms with van der Waals surface area (Å²) in [7, 11) is 0. The van der Waals surface area contributed by atoms with E-state index in [0.717, 1.165) is 16.5 Å². The van der Waals surface area contributed by atoms with Crippen molar-refractivity contribution in [2.45, 2.75) is 53.9 Å². The van der Waals surface area contributed by atoms with Crippen LogP contribution in [0.4, 0.5) is 5.69 Å². The maximum absolute atomic E-state index is 12.3. The van der Waals surface area contributed by atoms with E-state index in [0.29, 0.717) is 12.1 Å². The summed E-state index contributed by atoms with van der Waals surface area (Å²) in [6, 6.07) is 5.44. The fraction of sp³-hybridized carbons (Fsp3) is 0.545. The molecule has 30 heavy (non-hydrogen) atoms. The summed E-state index contributed by atoms with van der Waals surface area (Å²) in [4.78, 5) is 38.3. The first-order chi connectivity index (χ1) is 13.8. The molecule has 8 heteroatoms. The van der Waals surface area contributed by atoms with Crippen molar-refractivity contribution in [3.63, 3.8) is 0 Å². The molecule has 0 radical (unpaired) electrons. The van der Waals surface area contributed by atoms with E-state index in [1.165, 1.54) is 0 Å². The van der Waals surface area contributed by atoms with Gasteiger partial charge >= 0.3 is 5.97 Å². The first kappa shape index (κ1) is 23.4. The van der Waals surface area contributed by atoms with E-state index in [-0.39, 0.29) is 30.0 Å². The van der Waals surface area contributed by atoms with Crippen LogP contribution in [0, 0.1) is 20.9 Å². The summed E-state index contributed by atoms with van der Waals surface area (Å²) in [5.41, 5.74) is 1.04. The molecule has 164 valence electrons. The molecule has 0 fully saturated rings. The van der Waals surface area contributed by atoms with Gasteiger partial charge in [-0.1, -0.05) is 20.8 Å². The molecule has 2 N–H and O–H groups in total. The largest absolute Gasteiger partial charge is 0.465 e. The Bertz CT molecular complexity index is 934. The van der Waals surface area contributed by atoms with Crippen LogP contribution in [-0.2, 0) is 14.3 Å². The lowest BCUT2D eigenvalue weighted by Crippen LogP contribution is -2.27. The summed E-state index contributed by atoms with van der Waals surface area (Å²) in [6.45, 7) is 10.6. The van der Waals surface area contributed by atoms with Crippen LogP contribution in [0.25, 0.3) is 10.9 Å². The molecule has 1 heterocycles. The van der Waals surface area contributed by atoms with Crippen LogP contribution >= 0.6 is 0 Å². The molecular weight excluding hydrogens is 386 g/mol. The van der Waals surface area contributed by atoms with Crippen molar-refractivity contribution >= 4 is 28.5 Å². The topological polar surface area (TPSA) is 114 Å². The molecule has 0 bridgehead atoms. The van der Waals surface area contributed by atoms with E-state index in [2.05, 4.69) is 10.3 Å². The number of carbonyl (C=O) groups excluding carboxylic acids is 2. The van der Waals surface area contributed by atoms with Crippen LogP contribution in [0.2, 0.25) is 0 Å². The van der Waals surface area contributed by atoms with Crippen molar-refractivity contribution in [1.29, 1.82) is 0 Å². The van der Waals surface area contributed by atoms with E-state index in [4.69, 9.17) is 4.74 Å². The highest BCUT2D eigenvalue weighted by Gasteiger charge is 2.26. The number of esters is 1. The van der Waals surface area contributed by atoms with Gasteiger partial charge in [0.25, 0.3) is 0 Å². The Labute approximate surface area is 176 Å². The molecule has 0 spiro atoms. The minimum Gasteiger partial charge on any atom is -0.465 e. The molecule has 0 saturated carbocycles. The summed E-state index contributed by atoms with van der Waals surface area (Å²) >= 11 is 0. The normalized spacial score (nSPS) is 13.1. The molecule has 0 saturated heterocycles. The van der Waals surface area contributed by atoms with Crippen LogP contribution in [-0.4, -0.2) is 34.9 Å². The van der Waals surface area contributed by atoms with E-state index in [1.54, 1.807) is 33.0 Å². The number of H-pyrrole nitrogens is 1. The summed E-state index contributed by atoms with van der Waals surface area (Å²) < 4.78 is 5.31. The van der Waals surface area contributed by atoms with Gasteiger partial charge in [0, 0.05) is 33.1 Å². The number of ether oxygens (including phenoxy) is 1. The lowest BCUT2D eigenvalue weighted by atomic mass is 9.94. The number of benzene rings is 1. The number of nitrogens with one attached hydrogen (secondary N) is 2. The molecule has 8 nitrogen and oxygen atoms in total. The molecular formula is C22H31N3O5. The van der Waals surface area contributed by atoms with Crippen LogP contribution < -0.4 is 5.32 Å². The van der Waals surface area contributed by atoms with Crippen molar-refractivity contribution in [1.82, 2.24) is 4.98 Å². The van der Waals surface area contributed by atoms with Gasteiger partial charge in [0.15, 0.2) is 0 Å². The van der Waals surface area contributed by atoms with Crippen LogP contribution in [0.3, 0.4) is 0 Å². The first-order valence-corrected chi connectivity index (χ1v) is 10.0. The molecule has 2 aromatic rings. The molecule has 2 rings (SSSR count). The maximum Gasteiger partial charge on any atom is 0.311 e. The molecule has 0 aliphatic heterocycles. The first-order valence-electron chi connectivity index (χ1n) is 10.0. The SMILES string of the molecule is CC(C)(C)C(=O)Nc1ccc2[nH]cc(C(CCOC(=O)C(C)(C)C)C[N+](=O)[O-])c2c1. The zero-order chi connectivity index (χ0) is 22.7. The third kappa shape index (κ3) is 6.05. The number of rotatable bonds is 7. The van der Waals surface area contributed by atoms with Crippen molar-refractivity contribution in [2.24, 2.45) is 10.8 Å². The molecule has 1 atom stereocenters. The Morgan fingerprint density at radius 3 is 2.40 bits per heavy atom. The van der Waals surface area contributed by atoms with Gasteiger partial charge in [-0.3, -0.25) is 19.7 Å². The smallest absolute Gasteiger partial charge is 0.311 e. The minimum atomic E-state index is -0.625. The summed E-state index contributed by atoms with van der Waals surface area (Å²) in [5, 5.41) is 14.9. The third-order valence-electron chi connectivity index (χ3n) is 4.77. The van der Waals surface area contributed by atoms with E-state index >= 15 is 0 Å². The second-order valence-electron chi connectivity index (χ2n) is 9.60. The second kappa shape index (κ2) is 8.85. The predicted octanol–water partition coefficient (Wildman–Crippen LogP) is 4.49. The van der Waals surface area contributed by atoms with Gasteiger partial charge in [-0.25, -0.2) is 0 Å². The highest BCUT2D eigenvalue weighted by molar-refractivity contribution is 5.97. The number of hydrogen-bond acceptors (Lipinski definition) is 5. The quantitative estimate of drug-likeness (QED) is 0.391. The highest BCUT2D eigenvalue weighted by atomic mass is 16.6. The number of anilines is 1. The zero-order valence-corrected chi connectivity index (χ0v) is 18.5. The standard InChI is InChI=1S/C22H31N3O5/c1-21(2,3)19(26)24-15-7-8-18-16(11-15)17(12-23-18)14(13-25(28)29)9-10-30-20(27)22(4,5)6/h7-8,11-12,14,23H,9-10,13H2,1-6H3,(H,24,26). The molecule has 1 aromatic heterocycles. The monoisotopic (exact) mass is 417 g/mol. The minimum absolute atomic E-state index is 0.0989. The van der Waals surface area contributed by atoms with Crippen LogP contribution in [0.1, 0.15) is 59.4 Å². The number of aromatic amines is 1. The summed E-state index contributed by atoms with van der Waals surface area (Å²) in [6.07, 6.45) is 2.08. The molecule has 0 aliphatic carbocycles. The Balaban J connectivity index is 2.26. The van der Waals surface area contributed by atoms with E-state index < -0.39 is 16.7 Å². The predicted molar refractivity (Wildman–Crippen MR) is 116 cm³/mol. The maximum atomic E-state index is 12.3. The number of nitro groups is 1. The lowest BCUT2D eigenvalue weighted by Gasteiger charge is -2.19. The highest BCUT2D eigenvalue weighted by Crippen LogP contribution is 2.31. The number of carbonyl (C=O) groups is 2. The zero-order valence-electron chi connectivity index (χ0n) is 18.5. The Kier molecular flexibility index (Phi) is 6.90. The van der Waals surface area contributed by atoms with Gasteiger partial charge in [-0.2, -0.15) is 0 Å². The lowest BCUT2D eigenvalue weighted by molar-refractivity contribution is -0.483. The number of amides is 1.